The van der Waals surface area contributed by atoms with Crippen molar-refractivity contribution >= 4 is 18.2 Å². The third-order valence-corrected chi connectivity index (χ3v) is 3.90. The lowest BCUT2D eigenvalue weighted by Crippen LogP contribution is -2.19. The van der Waals surface area contributed by atoms with Crippen molar-refractivity contribution in [3.63, 3.8) is 0 Å². The van der Waals surface area contributed by atoms with Gasteiger partial charge in [-0.1, -0.05) is 32.1 Å². The molecule has 1 aliphatic heterocycles. The van der Waals surface area contributed by atoms with Crippen molar-refractivity contribution in [2.75, 3.05) is 6.54 Å². The summed E-state index contributed by atoms with van der Waals surface area (Å²) in [6.45, 7) is 0.979. The number of hydrogen-bond donors (Lipinski definition) is 1. The number of nitrogens with zero attached hydrogens (tertiary/aromatic N) is 1. The molecule has 2 nitrogen and oxygen atoms in total. The van der Waals surface area contributed by atoms with Gasteiger partial charge in [0, 0.05) is 13.0 Å². The Balaban J connectivity index is 0.00000112. The Bertz CT molecular complexity index is 210. The smallest absolute Gasteiger partial charge is 0.0937 e. The highest BCUT2D eigenvalue weighted by Crippen LogP contribution is 2.34. The maximum atomic E-state index is 5.78. The zero-order valence-electron chi connectivity index (χ0n) is 9.45. The molecule has 88 valence electrons. The molecule has 1 atom stereocenters. The van der Waals surface area contributed by atoms with E-state index in [1.54, 1.807) is 0 Å². The fourth-order valence-corrected chi connectivity index (χ4v) is 3.01. The summed E-state index contributed by atoms with van der Waals surface area (Å²) < 4.78 is 0. The summed E-state index contributed by atoms with van der Waals surface area (Å²) in [4.78, 5) is 4.36. The monoisotopic (exact) mass is 230 g/mol. The summed E-state index contributed by atoms with van der Waals surface area (Å²) in [5.74, 6) is 2.80. The van der Waals surface area contributed by atoms with E-state index in [1.807, 2.05) is 0 Å². The van der Waals surface area contributed by atoms with Crippen LogP contribution in [0.15, 0.2) is 4.99 Å². The second-order valence-electron chi connectivity index (χ2n) is 4.86. The van der Waals surface area contributed by atoms with E-state index in [0.717, 1.165) is 30.6 Å². The van der Waals surface area contributed by atoms with Gasteiger partial charge in [0.05, 0.1) is 5.84 Å². The van der Waals surface area contributed by atoms with Gasteiger partial charge in [-0.25, -0.2) is 0 Å². The van der Waals surface area contributed by atoms with Crippen LogP contribution in [0.5, 0.6) is 0 Å². The van der Waals surface area contributed by atoms with Crippen LogP contribution in [0.2, 0.25) is 0 Å². The first-order valence-electron chi connectivity index (χ1n) is 6.15. The zero-order chi connectivity index (χ0) is 9.80. The van der Waals surface area contributed by atoms with Gasteiger partial charge in [-0.3, -0.25) is 4.99 Å². The maximum absolute atomic E-state index is 5.78. The average Bonchev–Trinajstić information content (AvgIpc) is 2.44. The van der Waals surface area contributed by atoms with Crippen molar-refractivity contribution in [2.24, 2.45) is 22.6 Å². The van der Waals surface area contributed by atoms with Gasteiger partial charge < -0.3 is 5.73 Å². The Morgan fingerprint density at radius 1 is 0.933 bits per heavy atom. The van der Waals surface area contributed by atoms with E-state index in [4.69, 9.17) is 5.73 Å². The predicted molar refractivity (Wildman–Crippen MR) is 67.7 cm³/mol. The molecular weight excluding hydrogens is 208 g/mol. The van der Waals surface area contributed by atoms with Crippen molar-refractivity contribution in [1.82, 2.24) is 0 Å². The van der Waals surface area contributed by atoms with Crippen molar-refractivity contribution < 1.29 is 0 Å². The minimum absolute atomic E-state index is 0. The molecule has 0 spiro atoms. The molecule has 0 amide bonds. The van der Waals surface area contributed by atoms with Crippen LogP contribution in [-0.4, -0.2) is 12.4 Å². The molecular formula is C12H23ClN2. The molecule has 0 bridgehead atoms. The summed E-state index contributed by atoms with van der Waals surface area (Å²) in [6.07, 6.45) is 10.9. The van der Waals surface area contributed by atoms with E-state index in [0.29, 0.717) is 0 Å². The van der Waals surface area contributed by atoms with Crippen molar-refractivity contribution in [3.05, 3.63) is 0 Å². The lowest BCUT2D eigenvalue weighted by Gasteiger charge is -2.29. The molecule has 0 aromatic heterocycles. The summed E-state index contributed by atoms with van der Waals surface area (Å²) in [5.41, 5.74) is 5.78. The van der Waals surface area contributed by atoms with E-state index in [2.05, 4.69) is 4.99 Å². The Morgan fingerprint density at radius 3 is 2.33 bits per heavy atom. The van der Waals surface area contributed by atoms with E-state index in [1.165, 1.54) is 44.9 Å². The standard InChI is InChI=1S/C12H22N2.ClH/c13-12-7-6-11(8-9-14-12)10-4-2-1-3-5-10;/h10-11H,1-9H2,(H2,13,14);1H. The molecule has 1 unspecified atom stereocenters. The third kappa shape index (κ3) is 3.67. The quantitative estimate of drug-likeness (QED) is 0.739. The Labute approximate surface area is 99.1 Å². The number of amidine groups is 1. The zero-order valence-corrected chi connectivity index (χ0v) is 10.3. The first-order valence-corrected chi connectivity index (χ1v) is 6.15. The van der Waals surface area contributed by atoms with Crippen LogP contribution < -0.4 is 5.73 Å². The summed E-state index contributed by atoms with van der Waals surface area (Å²) in [7, 11) is 0. The molecule has 0 aromatic carbocycles. The van der Waals surface area contributed by atoms with Gasteiger partial charge in [0.1, 0.15) is 0 Å². The van der Waals surface area contributed by atoms with E-state index >= 15 is 0 Å². The van der Waals surface area contributed by atoms with Crippen molar-refractivity contribution in [3.8, 4) is 0 Å². The predicted octanol–water partition coefficient (Wildman–Crippen LogP) is 3.15. The molecule has 0 radical (unpaired) electrons. The number of rotatable bonds is 1. The second kappa shape index (κ2) is 6.37. The van der Waals surface area contributed by atoms with Gasteiger partial charge in [-0.2, -0.15) is 0 Å². The van der Waals surface area contributed by atoms with Gasteiger partial charge >= 0.3 is 0 Å². The highest BCUT2D eigenvalue weighted by atomic mass is 35.5. The summed E-state index contributed by atoms with van der Waals surface area (Å²) in [6, 6.07) is 0. The normalized spacial score (nSPS) is 28.8. The summed E-state index contributed by atoms with van der Waals surface area (Å²) >= 11 is 0. The lowest BCUT2D eigenvalue weighted by atomic mass is 9.77. The van der Waals surface area contributed by atoms with Gasteiger partial charge in [-0.15, -0.1) is 12.4 Å². The minimum atomic E-state index is 0. The number of hydrogen-bond acceptors (Lipinski definition) is 2. The van der Waals surface area contributed by atoms with Crippen LogP contribution in [0.25, 0.3) is 0 Å². The highest BCUT2D eigenvalue weighted by molar-refractivity contribution is 5.85. The molecule has 1 saturated carbocycles. The molecule has 0 aromatic rings. The number of aliphatic imine (C=N–C) groups is 1. The van der Waals surface area contributed by atoms with Gasteiger partial charge in [0.2, 0.25) is 0 Å². The van der Waals surface area contributed by atoms with Crippen LogP contribution in [0.3, 0.4) is 0 Å². The molecule has 0 saturated heterocycles. The molecule has 2 rings (SSSR count). The highest BCUT2D eigenvalue weighted by Gasteiger charge is 2.24. The van der Waals surface area contributed by atoms with Crippen molar-refractivity contribution in [2.45, 2.75) is 51.4 Å². The van der Waals surface area contributed by atoms with E-state index in [9.17, 15) is 0 Å². The number of nitrogens with two attached hydrogens (primary N) is 1. The average molecular weight is 231 g/mol. The molecule has 1 heterocycles. The van der Waals surface area contributed by atoms with Crippen LogP contribution in [0.1, 0.15) is 51.4 Å². The van der Waals surface area contributed by atoms with E-state index in [-0.39, 0.29) is 12.4 Å². The lowest BCUT2D eigenvalue weighted by molar-refractivity contribution is 0.232. The number of halogens is 1. The van der Waals surface area contributed by atoms with Crippen molar-refractivity contribution in [1.29, 1.82) is 0 Å². The summed E-state index contributed by atoms with van der Waals surface area (Å²) in [5, 5.41) is 0. The Morgan fingerprint density at radius 2 is 1.60 bits per heavy atom. The maximum Gasteiger partial charge on any atom is 0.0937 e. The van der Waals surface area contributed by atoms with Gasteiger partial charge in [0.25, 0.3) is 0 Å². The second-order valence-corrected chi connectivity index (χ2v) is 4.86. The Hall–Kier alpha value is -0.240. The van der Waals surface area contributed by atoms with Gasteiger partial charge in [-0.05, 0) is 24.7 Å². The molecule has 2 aliphatic rings. The third-order valence-electron chi connectivity index (χ3n) is 3.90. The fourth-order valence-electron chi connectivity index (χ4n) is 3.01. The largest absolute Gasteiger partial charge is 0.387 e. The molecule has 3 heteroatoms. The van der Waals surface area contributed by atoms with Gasteiger partial charge in [0.15, 0.2) is 0 Å². The molecule has 1 fully saturated rings. The first kappa shape index (κ1) is 12.8. The van der Waals surface area contributed by atoms with Crippen LogP contribution in [-0.2, 0) is 0 Å². The minimum Gasteiger partial charge on any atom is -0.387 e. The SMILES string of the molecule is Cl.NC1=NCCC(C2CCCCC2)CC1. The molecule has 1 aliphatic carbocycles. The molecule has 15 heavy (non-hydrogen) atoms. The molecule has 2 N–H and O–H groups in total. The van der Waals surface area contributed by atoms with Crippen LogP contribution in [0.4, 0.5) is 0 Å². The first-order chi connectivity index (χ1) is 6.86. The van der Waals surface area contributed by atoms with Crippen LogP contribution in [0, 0.1) is 11.8 Å². The topological polar surface area (TPSA) is 38.4 Å². The Kier molecular flexibility index (Phi) is 5.44. The van der Waals surface area contributed by atoms with Crippen LogP contribution >= 0.6 is 12.4 Å². The van der Waals surface area contributed by atoms with E-state index < -0.39 is 0 Å². The fraction of sp³-hybridized carbons (Fsp3) is 0.917.